The van der Waals surface area contributed by atoms with Crippen LogP contribution in [0.2, 0.25) is 0 Å². The molecule has 1 saturated heterocycles. The van der Waals surface area contributed by atoms with Crippen LogP contribution < -0.4 is 10.2 Å². The second-order valence-corrected chi connectivity index (χ2v) is 8.66. The van der Waals surface area contributed by atoms with E-state index in [1.165, 1.54) is 29.1 Å². The van der Waals surface area contributed by atoms with Gasteiger partial charge in [0.1, 0.15) is 0 Å². The predicted octanol–water partition coefficient (Wildman–Crippen LogP) is 5.29. The van der Waals surface area contributed by atoms with E-state index in [9.17, 15) is 0 Å². The van der Waals surface area contributed by atoms with Crippen LogP contribution in [0, 0.1) is 5.92 Å². The number of para-hydroxylation sites is 1. The fourth-order valence-electron chi connectivity index (χ4n) is 4.33. The normalized spacial score (nSPS) is 18.7. The molecule has 0 amide bonds. The van der Waals surface area contributed by atoms with Gasteiger partial charge < -0.3 is 10.2 Å². The molecule has 3 aromatic rings. The van der Waals surface area contributed by atoms with E-state index in [0.717, 1.165) is 43.5 Å². The minimum absolute atomic E-state index is 0. The number of halogens is 2. The molecule has 150 valence electrons. The van der Waals surface area contributed by atoms with Crippen molar-refractivity contribution < 1.29 is 0 Å². The van der Waals surface area contributed by atoms with Crippen LogP contribution in [0.3, 0.4) is 0 Å². The molecular weight excluding hydrogens is 409 g/mol. The first-order valence-electron chi connectivity index (χ1n) is 9.76. The van der Waals surface area contributed by atoms with Crippen LogP contribution >= 0.6 is 36.2 Å². The van der Waals surface area contributed by atoms with Gasteiger partial charge in [0.15, 0.2) is 5.13 Å². The Morgan fingerprint density at radius 2 is 1.71 bits per heavy atom. The number of fused-ring (bicyclic) bond motifs is 2. The molecular formula is C22H27Cl2N3S. The van der Waals surface area contributed by atoms with Crippen LogP contribution in [-0.2, 0) is 6.42 Å². The summed E-state index contributed by atoms with van der Waals surface area (Å²) in [7, 11) is 0. The minimum Gasteiger partial charge on any atom is -0.348 e. The van der Waals surface area contributed by atoms with E-state index < -0.39 is 0 Å². The van der Waals surface area contributed by atoms with Gasteiger partial charge in [-0.25, -0.2) is 4.98 Å². The molecule has 2 heterocycles. The first-order valence-corrected chi connectivity index (χ1v) is 10.6. The molecule has 0 saturated carbocycles. The molecule has 1 aliphatic carbocycles. The van der Waals surface area contributed by atoms with Crippen molar-refractivity contribution in [3.63, 3.8) is 0 Å². The molecule has 1 N–H and O–H groups in total. The van der Waals surface area contributed by atoms with Crippen LogP contribution in [0.15, 0.2) is 48.5 Å². The van der Waals surface area contributed by atoms with E-state index in [-0.39, 0.29) is 24.8 Å². The van der Waals surface area contributed by atoms with Gasteiger partial charge in [0, 0.05) is 25.6 Å². The van der Waals surface area contributed by atoms with Gasteiger partial charge in [-0.05, 0) is 55.0 Å². The number of aromatic nitrogens is 1. The molecule has 1 fully saturated rings. The summed E-state index contributed by atoms with van der Waals surface area (Å²) < 4.78 is 1.30. The molecule has 1 aliphatic heterocycles. The molecule has 5 rings (SSSR count). The third-order valence-corrected chi connectivity index (χ3v) is 7.05. The van der Waals surface area contributed by atoms with E-state index in [1.54, 1.807) is 11.1 Å². The third kappa shape index (κ3) is 4.30. The maximum Gasteiger partial charge on any atom is 0.186 e. The lowest BCUT2D eigenvalue weighted by atomic mass is 9.77. The van der Waals surface area contributed by atoms with Crippen LogP contribution in [0.25, 0.3) is 10.2 Å². The molecule has 6 heteroatoms. The van der Waals surface area contributed by atoms with Crippen molar-refractivity contribution in [3.8, 4) is 0 Å². The maximum absolute atomic E-state index is 4.82. The Balaban J connectivity index is 0.00000112. The van der Waals surface area contributed by atoms with Crippen LogP contribution in [0.5, 0.6) is 0 Å². The SMILES string of the molecule is Cl.Cl.c1ccc2c(c1)CC2CNCC1CCN(c2nc3ccccc3s2)CC1. The van der Waals surface area contributed by atoms with Gasteiger partial charge in [-0.2, -0.15) is 0 Å². The zero-order chi connectivity index (χ0) is 17.3. The topological polar surface area (TPSA) is 28.2 Å². The Morgan fingerprint density at radius 1 is 0.964 bits per heavy atom. The molecule has 2 aliphatic rings. The Bertz CT molecular complexity index is 872. The van der Waals surface area contributed by atoms with Crippen molar-refractivity contribution in [3.05, 3.63) is 59.7 Å². The molecule has 28 heavy (non-hydrogen) atoms. The van der Waals surface area contributed by atoms with Gasteiger partial charge in [0.05, 0.1) is 10.2 Å². The third-order valence-electron chi connectivity index (χ3n) is 5.95. The van der Waals surface area contributed by atoms with Gasteiger partial charge in [0.2, 0.25) is 0 Å². The van der Waals surface area contributed by atoms with E-state index >= 15 is 0 Å². The highest BCUT2D eigenvalue weighted by atomic mass is 35.5. The molecule has 0 spiro atoms. The highest BCUT2D eigenvalue weighted by Gasteiger charge is 2.26. The zero-order valence-corrected chi connectivity index (χ0v) is 18.3. The number of anilines is 1. The molecule has 1 atom stereocenters. The summed E-state index contributed by atoms with van der Waals surface area (Å²) in [6.07, 6.45) is 3.79. The standard InChI is InChI=1S/C22H25N3S.2ClH/c1-2-6-19-17(5-1)13-18(19)15-23-14-16-9-11-25(12-10-16)22-24-20-7-3-4-8-21(20)26-22;;/h1-8,16,18,23H,9-15H2;2*1H. The highest BCUT2D eigenvalue weighted by Crippen LogP contribution is 2.34. The van der Waals surface area contributed by atoms with Gasteiger partial charge in [-0.15, -0.1) is 24.8 Å². The highest BCUT2D eigenvalue weighted by molar-refractivity contribution is 7.22. The summed E-state index contributed by atoms with van der Waals surface area (Å²) in [6.45, 7) is 4.57. The average molecular weight is 436 g/mol. The fraction of sp³-hybridized carbons (Fsp3) is 0.409. The Kier molecular flexibility index (Phi) is 7.21. The second-order valence-electron chi connectivity index (χ2n) is 7.65. The van der Waals surface area contributed by atoms with E-state index in [2.05, 4.69) is 58.7 Å². The van der Waals surface area contributed by atoms with Crippen LogP contribution in [0.1, 0.15) is 29.9 Å². The number of nitrogens with one attached hydrogen (secondary N) is 1. The zero-order valence-electron chi connectivity index (χ0n) is 15.8. The van der Waals surface area contributed by atoms with Gasteiger partial charge >= 0.3 is 0 Å². The summed E-state index contributed by atoms with van der Waals surface area (Å²) in [6, 6.07) is 17.3. The molecule has 2 aromatic carbocycles. The summed E-state index contributed by atoms with van der Waals surface area (Å²) in [5.41, 5.74) is 4.24. The van der Waals surface area contributed by atoms with Gasteiger partial charge in [0.25, 0.3) is 0 Å². The molecule has 0 bridgehead atoms. The van der Waals surface area contributed by atoms with Crippen molar-refractivity contribution in [2.75, 3.05) is 31.1 Å². The second kappa shape index (κ2) is 9.45. The first-order chi connectivity index (χ1) is 12.9. The average Bonchev–Trinajstić information content (AvgIpc) is 3.10. The predicted molar refractivity (Wildman–Crippen MR) is 125 cm³/mol. The smallest absolute Gasteiger partial charge is 0.186 e. The van der Waals surface area contributed by atoms with Gasteiger partial charge in [-0.3, -0.25) is 0 Å². The molecule has 0 radical (unpaired) electrons. The summed E-state index contributed by atoms with van der Waals surface area (Å²) in [4.78, 5) is 7.29. The number of hydrogen-bond acceptors (Lipinski definition) is 4. The number of thiazole rings is 1. The van der Waals surface area contributed by atoms with Crippen molar-refractivity contribution >= 4 is 51.5 Å². The maximum atomic E-state index is 4.82. The number of hydrogen-bond donors (Lipinski definition) is 1. The van der Waals surface area contributed by atoms with E-state index in [1.807, 2.05) is 11.3 Å². The number of benzene rings is 2. The number of nitrogens with zero attached hydrogens (tertiary/aromatic N) is 2. The fourth-order valence-corrected chi connectivity index (χ4v) is 5.35. The number of rotatable bonds is 5. The Labute approximate surface area is 183 Å². The molecule has 1 aromatic heterocycles. The van der Waals surface area contributed by atoms with Crippen molar-refractivity contribution in [1.29, 1.82) is 0 Å². The lowest BCUT2D eigenvalue weighted by Crippen LogP contribution is -2.38. The monoisotopic (exact) mass is 435 g/mol. The lowest BCUT2D eigenvalue weighted by molar-refractivity contribution is 0.374. The van der Waals surface area contributed by atoms with E-state index in [4.69, 9.17) is 4.98 Å². The van der Waals surface area contributed by atoms with Crippen LogP contribution in [0.4, 0.5) is 5.13 Å². The minimum atomic E-state index is 0. The van der Waals surface area contributed by atoms with Crippen molar-refractivity contribution in [2.24, 2.45) is 5.92 Å². The van der Waals surface area contributed by atoms with E-state index in [0.29, 0.717) is 0 Å². The quantitative estimate of drug-likeness (QED) is 0.590. The van der Waals surface area contributed by atoms with Crippen LogP contribution in [-0.4, -0.2) is 31.2 Å². The lowest BCUT2D eigenvalue weighted by Gasteiger charge is -2.33. The summed E-state index contributed by atoms with van der Waals surface area (Å²) >= 11 is 1.83. The van der Waals surface area contributed by atoms with Crippen molar-refractivity contribution in [2.45, 2.75) is 25.2 Å². The first kappa shape index (κ1) is 21.4. The molecule has 3 nitrogen and oxygen atoms in total. The van der Waals surface area contributed by atoms with Gasteiger partial charge in [-0.1, -0.05) is 47.7 Å². The number of piperidine rings is 1. The van der Waals surface area contributed by atoms with Crippen molar-refractivity contribution in [1.82, 2.24) is 10.3 Å². The Morgan fingerprint density at radius 3 is 2.50 bits per heavy atom. The largest absolute Gasteiger partial charge is 0.348 e. The Hall–Kier alpha value is -1.33. The summed E-state index contributed by atoms with van der Waals surface area (Å²) in [5.74, 6) is 1.53. The summed E-state index contributed by atoms with van der Waals surface area (Å²) in [5, 5.41) is 4.94. The molecule has 1 unspecified atom stereocenters.